The van der Waals surface area contributed by atoms with Crippen LogP contribution < -0.4 is 5.32 Å². The van der Waals surface area contributed by atoms with Gasteiger partial charge in [-0.1, -0.05) is 25.7 Å². The number of piperidine rings is 1. The number of halogens is 1. The molecule has 2 aliphatic rings. The molecule has 1 aliphatic carbocycles. The Bertz CT molecular complexity index is 197. The van der Waals surface area contributed by atoms with Crippen molar-refractivity contribution in [1.29, 1.82) is 0 Å². The predicted octanol–water partition coefficient (Wildman–Crippen LogP) is 3.45. The number of rotatable bonds is 4. The largest absolute Gasteiger partial charge is 0.317 e. The normalized spacial score (nSPS) is 23.7. The minimum Gasteiger partial charge on any atom is -0.317 e. The number of hydrogen-bond acceptors (Lipinski definition) is 2. The lowest BCUT2D eigenvalue weighted by Crippen LogP contribution is -2.35. The first-order valence-electron chi connectivity index (χ1n) is 7.77. The van der Waals surface area contributed by atoms with Crippen molar-refractivity contribution in [2.45, 2.75) is 63.8 Å². The zero-order valence-corrected chi connectivity index (χ0v) is 12.8. The molecule has 2 rings (SSSR count). The van der Waals surface area contributed by atoms with Crippen LogP contribution in [0.15, 0.2) is 0 Å². The first kappa shape index (κ1) is 16.3. The average molecular weight is 275 g/mol. The topological polar surface area (TPSA) is 15.3 Å². The summed E-state index contributed by atoms with van der Waals surface area (Å²) in [7, 11) is 2.36. The SMILES string of the molecule is CN(CCC1CCNCC1)C1CCCCCC1.Cl. The minimum atomic E-state index is 0. The second-order valence-electron chi connectivity index (χ2n) is 6.11. The van der Waals surface area contributed by atoms with Gasteiger partial charge in [-0.3, -0.25) is 0 Å². The molecule has 1 heterocycles. The molecule has 0 radical (unpaired) electrons. The molecule has 0 aromatic carbocycles. The molecule has 0 spiro atoms. The average Bonchev–Trinajstić information content (AvgIpc) is 2.66. The summed E-state index contributed by atoms with van der Waals surface area (Å²) in [6.45, 7) is 3.82. The fraction of sp³-hybridized carbons (Fsp3) is 1.00. The molecule has 1 N–H and O–H groups in total. The van der Waals surface area contributed by atoms with E-state index >= 15 is 0 Å². The Hall–Kier alpha value is 0.210. The first-order valence-corrected chi connectivity index (χ1v) is 7.77. The number of nitrogens with zero attached hydrogens (tertiary/aromatic N) is 1. The van der Waals surface area contributed by atoms with Gasteiger partial charge < -0.3 is 10.2 Å². The lowest BCUT2D eigenvalue weighted by Gasteiger charge is -2.30. The molecule has 2 fully saturated rings. The van der Waals surface area contributed by atoms with Crippen molar-refractivity contribution >= 4 is 12.4 Å². The Morgan fingerprint density at radius 1 is 0.944 bits per heavy atom. The molecule has 0 aromatic rings. The molecule has 0 amide bonds. The summed E-state index contributed by atoms with van der Waals surface area (Å²) in [5.41, 5.74) is 0. The fourth-order valence-electron chi connectivity index (χ4n) is 3.44. The highest BCUT2D eigenvalue weighted by atomic mass is 35.5. The third-order valence-corrected chi connectivity index (χ3v) is 4.80. The van der Waals surface area contributed by atoms with E-state index in [1.807, 2.05) is 0 Å². The molecule has 1 saturated heterocycles. The molecule has 0 bridgehead atoms. The van der Waals surface area contributed by atoms with Crippen molar-refractivity contribution in [3.63, 3.8) is 0 Å². The van der Waals surface area contributed by atoms with Gasteiger partial charge in [0.1, 0.15) is 0 Å². The number of hydrogen-bond donors (Lipinski definition) is 1. The second kappa shape index (κ2) is 9.17. The highest BCUT2D eigenvalue weighted by molar-refractivity contribution is 5.85. The summed E-state index contributed by atoms with van der Waals surface area (Å²) < 4.78 is 0. The second-order valence-corrected chi connectivity index (χ2v) is 6.11. The fourth-order valence-corrected chi connectivity index (χ4v) is 3.44. The van der Waals surface area contributed by atoms with E-state index in [2.05, 4.69) is 17.3 Å². The van der Waals surface area contributed by atoms with Crippen LogP contribution in [-0.2, 0) is 0 Å². The Morgan fingerprint density at radius 2 is 1.56 bits per heavy atom. The molecule has 3 heteroatoms. The van der Waals surface area contributed by atoms with Crippen LogP contribution >= 0.6 is 12.4 Å². The molecule has 18 heavy (non-hydrogen) atoms. The van der Waals surface area contributed by atoms with Crippen molar-refractivity contribution in [2.75, 3.05) is 26.7 Å². The maximum absolute atomic E-state index is 3.46. The van der Waals surface area contributed by atoms with Crippen molar-refractivity contribution in [1.82, 2.24) is 10.2 Å². The maximum Gasteiger partial charge on any atom is 0.00922 e. The third-order valence-electron chi connectivity index (χ3n) is 4.80. The van der Waals surface area contributed by atoms with Gasteiger partial charge in [0.05, 0.1) is 0 Å². The van der Waals surface area contributed by atoms with Crippen molar-refractivity contribution in [3.8, 4) is 0 Å². The van der Waals surface area contributed by atoms with Crippen molar-refractivity contribution in [3.05, 3.63) is 0 Å². The summed E-state index contributed by atoms with van der Waals surface area (Å²) in [4.78, 5) is 2.66. The van der Waals surface area contributed by atoms with E-state index in [1.54, 1.807) is 0 Å². The van der Waals surface area contributed by atoms with Crippen LogP contribution in [0.25, 0.3) is 0 Å². The van der Waals surface area contributed by atoms with E-state index in [4.69, 9.17) is 0 Å². The Morgan fingerprint density at radius 3 is 2.17 bits per heavy atom. The van der Waals surface area contributed by atoms with Gasteiger partial charge in [-0.25, -0.2) is 0 Å². The first-order chi connectivity index (χ1) is 8.36. The molecular weight excluding hydrogens is 244 g/mol. The highest BCUT2D eigenvalue weighted by Gasteiger charge is 2.19. The van der Waals surface area contributed by atoms with Crippen LogP contribution in [0.4, 0.5) is 0 Å². The predicted molar refractivity (Wildman–Crippen MR) is 81.6 cm³/mol. The van der Waals surface area contributed by atoms with Gasteiger partial charge in [0.25, 0.3) is 0 Å². The summed E-state index contributed by atoms with van der Waals surface area (Å²) in [6.07, 6.45) is 13.0. The van der Waals surface area contributed by atoms with Gasteiger partial charge in [-0.15, -0.1) is 12.4 Å². The number of nitrogens with one attached hydrogen (secondary N) is 1. The Kier molecular flexibility index (Phi) is 8.28. The lowest BCUT2D eigenvalue weighted by molar-refractivity contribution is 0.197. The van der Waals surface area contributed by atoms with Gasteiger partial charge >= 0.3 is 0 Å². The summed E-state index contributed by atoms with van der Waals surface area (Å²) >= 11 is 0. The molecule has 0 unspecified atom stereocenters. The zero-order chi connectivity index (χ0) is 11.9. The van der Waals surface area contributed by atoms with Gasteiger partial charge in [-0.2, -0.15) is 0 Å². The minimum absolute atomic E-state index is 0. The van der Waals surface area contributed by atoms with E-state index < -0.39 is 0 Å². The summed E-state index contributed by atoms with van der Waals surface area (Å²) in [6, 6.07) is 0.888. The monoisotopic (exact) mass is 274 g/mol. The molecule has 2 nitrogen and oxygen atoms in total. The molecule has 108 valence electrons. The van der Waals surface area contributed by atoms with E-state index in [9.17, 15) is 0 Å². The summed E-state index contributed by atoms with van der Waals surface area (Å²) in [5.74, 6) is 0.990. The van der Waals surface area contributed by atoms with Gasteiger partial charge in [-0.05, 0) is 64.7 Å². The van der Waals surface area contributed by atoms with Gasteiger partial charge in [0.15, 0.2) is 0 Å². The van der Waals surface area contributed by atoms with E-state index in [-0.39, 0.29) is 12.4 Å². The van der Waals surface area contributed by atoms with E-state index in [0.29, 0.717) is 0 Å². The van der Waals surface area contributed by atoms with Crippen LogP contribution in [0.2, 0.25) is 0 Å². The lowest BCUT2D eigenvalue weighted by atomic mass is 9.94. The standard InChI is InChI=1S/C15H30N2.ClH/c1-17(15-6-4-2-3-5-7-15)13-10-14-8-11-16-12-9-14;/h14-16H,2-13H2,1H3;1H. The summed E-state index contributed by atoms with van der Waals surface area (Å²) in [5, 5.41) is 3.46. The molecule has 1 saturated carbocycles. The van der Waals surface area contributed by atoms with E-state index in [1.165, 1.54) is 77.4 Å². The third kappa shape index (κ3) is 5.46. The highest BCUT2D eigenvalue weighted by Crippen LogP contribution is 2.22. The molecule has 0 atom stereocenters. The maximum atomic E-state index is 3.46. The molecular formula is C15H31ClN2. The molecule has 1 aliphatic heterocycles. The Balaban J connectivity index is 0.00000162. The van der Waals surface area contributed by atoms with Crippen molar-refractivity contribution in [2.24, 2.45) is 5.92 Å². The zero-order valence-electron chi connectivity index (χ0n) is 12.0. The van der Waals surface area contributed by atoms with Crippen LogP contribution in [0.1, 0.15) is 57.8 Å². The van der Waals surface area contributed by atoms with Crippen LogP contribution in [-0.4, -0.2) is 37.6 Å². The van der Waals surface area contributed by atoms with Crippen molar-refractivity contribution < 1.29 is 0 Å². The van der Waals surface area contributed by atoms with E-state index in [0.717, 1.165) is 12.0 Å². The quantitative estimate of drug-likeness (QED) is 0.790. The van der Waals surface area contributed by atoms with Crippen LogP contribution in [0.5, 0.6) is 0 Å². The van der Waals surface area contributed by atoms with Gasteiger partial charge in [0, 0.05) is 6.04 Å². The molecule has 0 aromatic heterocycles. The smallest absolute Gasteiger partial charge is 0.00922 e. The van der Waals surface area contributed by atoms with Gasteiger partial charge in [0.2, 0.25) is 0 Å². The Labute approximate surface area is 119 Å². The van der Waals surface area contributed by atoms with Crippen LogP contribution in [0, 0.1) is 5.92 Å². The van der Waals surface area contributed by atoms with Crippen LogP contribution in [0.3, 0.4) is 0 Å².